The number of anilines is 1. The van der Waals surface area contributed by atoms with E-state index in [4.69, 9.17) is 25.8 Å². The second kappa shape index (κ2) is 14.6. The van der Waals surface area contributed by atoms with Gasteiger partial charge in [-0.15, -0.1) is 22.0 Å². The Balaban J connectivity index is 1.51. The number of nitrogen functional groups attached to an aromatic ring is 1. The normalized spacial score (nSPS) is 18.4. The summed E-state index contributed by atoms with van der Waals surface area (Å²) in [7, 11) is 0. The Bertz CT molecular complexity index is 1470. The minimum atomic E-state index is -1.00. The molecular formula is C24H31N9O7S4. The number of carbonyl (C=O) groups excluding carboxylic acids is 4. The van der Waals surface area contributed by atoms with Crippen LogP contribution in [0, 0.1) is 12.3 Å². The van der Waals surface area contributed by atoms with Crippen LogP contribution in [0.15, 0.2) is 20.8 Å². The van der Waals surface area contributed by atoms with Crippen LogP contribution in [0.2, 0.25) is 0 Å². The highest BCUT2D eigenvalue weighted by Gasteiger charge is 2.54. The van der Waals surface area contributed by atoms with Gasteiger partial charge in [-0.2, -0.15) is 9.36 Å². The van der Waals surface area contributed by atoms with Crippen molar-refractivity contribution in [2.75, 3.05) is 37.2 Å². The van der Waals surface area contributed by atoms with Gasteiger partial charge in [-0.25, -0.2) is 4.79 Å². The van der Waals surface area contributed by atoms with Crippen LogP contribution in [0.3, 0.4) is 0 Å². The van der Waals surface area contributed by atoms with Gasteiger partial charge in [0.1, 0.15) is 28.7 Å². The third-order valence-electron chi connectivity index (χ3n) is 5.86. The molecule has 1 unspecified atom stereocenters. The highest BCUT2D eigenvalue weighted by atomic mass is 32.2. The van der Waals surface area contributed by atoms with Crippen LogP contribution in [0.5, 0.6) is 0 Å². The zero-order valence-corrected chi connectivity index (χ0v) is 27.5. The Morgan fingerprint density at radius 2 is 2.00 bits per heavy atom. The summed E-state index contributed by atoms with van der Waals surface area (Å²) in [5.41, 5.74) is 10.8. The topological polar surface area (TPSA) is 227 Å². The summed E-state index contributed by atoms with van der Waals surface area (Å²) in [6, 6.07) is -1.00. The average Bonchev–Trinajstić information content (AvgIpc) is 3.60. The number of oxime groups is 1. The van der Waals surface area contributed by atoms with Gasteiger partial charge in [-0.3, -0.25) is 19.3 Å². The summed E-state index contributed by atoms with van der Waals surface area (Å²) in [6.07, 6.45) is 0.500. The fraction of sp³-hybridized carbons (Fsp3) is 0.542. The van der Waals surface area contributed by atoms with E-state index < -0.39 is 47.4 Å². The number of nitrogens with one attached hydrogen (secondary N) is 1. The highest BCUT2D eigenvalue weighted by molar-refractivity contribution is 8.01. The van der Waals surface area contributed by atoms with E-state index in [1.165, 1.54) is 39.8 Å². The van der Waals surface area contributed by atoms with E-state index in [1.807, 2.05) is 6.92 Å². The molecule has 20 heteroatoms. The fourth-order valence-electron chi connectivity index (χ4n) is 3.67. The number of hydrogen-bond acceptors (Lipinski definition) is 18. The monoisotopic (exact) mass is 685 g/mol. The van der Waals surface area contributed by atoms with Gasteiger partial charge in [0, 0.05) is 23.0 Å². The summed E-state index contributed by atoms with van der Waals surface area (Å²) in [5, 5.41) is 14.9. The number of carbonyl (C=O) groups is 4. The van der Waals surface area contributed by atoms with E-state index in [-0.39, 0.29) is 29.0 Å². The van der Waals surface area contributed by atoms with Crippen molar-refractivity contribution in [3.8, 4) is 0 Å². The Kier molecular flexibility index (Phi) is 11.2. The molecule has 2 aliphatic heterocycles. The first-order valence-corrected chi connectivity index (χ1v) is 16.8. The van der Waals surface area contributed by atoms with Crippen LogP contribution >= 0.6 is 46.4 Å². The van der Waals surface area contributed by atoms with Crippen molar-refractivity contribution >= 4 is 81.0 Å². The summed E-state index contributed by atoms with van der Waals surface area (Å²) in [5.74, 6) is -2.07. The first-order chi connectivity index (χ1) is 20.9. The molecule has 2 atom stereocenters. The average molecular weight is 686 g/mol. The minimum Gasteiger partial charge on any atom is -0.427 e. The van der Waals surface area contributed by atoms with Gasteiger partial charge >= 0.3 is 11.9 Å². The van der Waals surface area contributed by atoms with E-state index in [2.05, 4.69) is 30.0 Å². The van der Waals surface area contributed by atoms with E-state index in [0.717, 1.165) is 16.5 Å². The molecule has 2 aromatic heterocycles. The third kappa shape index (κ3) is 8.03. The molecule has 2 aliphatic rings. The number of thioether (sulfide) groups is 2. The number of ether oxygens (including phenoxy) is 2. The smallest absolute Gasteiger partial charge is 0.357 e. The zero-order valence-electron chi connectivity index (χ0n) is 24.2. The van der Waals surface area contributed by atoms with Crippen LogP contribution in [-0.4, -0.2) is 96.8 Å². The van der Waals surface area contributed by atoms with Crippen LogP contribution in [-0.2, 0) is 33.5 Å². The molecular weight excluding hydrogens is 655 g/mol. The maximum atomic E-state index is 13.5. The molecule has 0 saturated carbocycles. The quantitative estimate of drug-likeness (QED) is 0.0506. The van der Waals surface area contributed by atoms with Crippen molar-refractivity contribution in [2.24, 2.45) is 16.3 Å². The number of nitrogens with two attached hydrogens (primary N) is 2. The fourth-order valence-corrected chi connectivity index (χ4v) is 7.41. The van der Waals surface area contributed by atoms with Gasteiger partial charge in [0.2, 0.25) is 18.3 Å². The number of rotatable bonds is 13. The van der Waals surface area contributed by atoms with Gasteiger partial charge in [0.15, 0.2) is 9.47 Å². The zero-order chi connectivity index (χ0) is 32.0. The third-order valence-corrected chi connectivity index (χ3v) is 9.80. The van der Waals surface area contributed by atoms with Gasteiger partial charge in [-0.1, -0.05) is 28.3 Å². The van der Waals surface area contributed by atoms with Crippen LogP contribution in [0.25, 0.3) is 0 Å². The molecule has 0 radical (unpaired) electrons. The molecule has 1 fully saturated rings. The molecule has 0 spiro atoms. The number of amides is 2. The number of nitrogens with zero attached hydrogens (tertiary/aromatic N) is 6. The number of hydrogen-bond donors (Lipinski definition) is 3. The first-order valence-electron chi connectivity index (χ1n) is 13.1. The Morgan fingerprint density at radius 3 is 2.64 bits per heavy atom. The summed E-state index contributed by atoms with van der Waals surface area (Å²) in [4.78, 5) is 62.7. The number of fused-ring (bicyclic) bond motifs is 1. The van der Waals surface area contributed by atoms with Crippen LogP contribution in [0.1, 0.15) is 38.0 Å². The molecule has 16 nitrogen and oxygen atoms in total. The highest BCUT2D eigenvalue weighted by Crippen LogP contribution is 2.42. The van der Waals surface area contributed by atoms with E-state index in [9.17, 15) is 19.2 Å². The lowest BCUT2D eigenvalue weighted by Gasteiger charge is -2.49. The lowest BCUT2D eigenvalue weighted by molar-refractivity contribution is -0.173. The minimum absolute atomic E-state index is 0.0257. The molecule has 238 valence electrons. The molecule has 2 amide bonds. The molecule has 1 saturated heterocycles. The van der Waals surface area contributed by atoms with Gasteiger partial charge in [0.05, 0.1) is 5.41 Å². The van der Waals surface area contributed by atoms with Crippen molar-refractivity contribution < 1.29 is 33.5 Å². The van der Waals surface area contributed by atoms with Crippen molar-refractivity contribution in [3.05, 3.63) is 22.1 Å². The van der Waals surface area contributed by atoms with Crippen LogP contribution in [0.4, 0.5) is 5.13 Å². The van der Waals surface area contributed by atoms with Crippen molar-refractivity contribution in [1.82, 2.24) is 29.8 Å². The Morgan fingerprint density at radius 1 is 1.23 bits per heavy atom. The Labute approximate surface area is 268 Å². The number of β-lactam (4-membered cyclic amide) rings is 1. The predicted octanol–water partition coefficient (Wildman–Crippen LogP) is 0.886. The SMILES string of the molecule is Cc1nnc(SCC2=C(C(=O)OCOC(=O)C(C)(C)C)N3C(=O)C(NC(=O)C(=NOCCCN)c4nsc(N)n4)[C@@H]3SC2)s1. The standard InChI is InChI=1S/C24H31N9O7S4/c1-11-29-30-23(43-11)42-9-12-8-41-19-14(18(35)33(19)15(12)20(36)38-10-39-21(37)24(2,3)4)27-17(34)13(31-40-7-5-6-25)16-28-22(26)44-32-16/h14,19H,5-10,25H2,1-4H3,(H,27,34)(H2,26,28,32)/t14?,19-/m0/s1. The van der Waals surface area contributed by atoms with Gasteiger partial charge < -0.3 is 31.1 Å². The largest absolute Gasteiger partial charge is 0.427 e. The maximum Gasteiger partial charge on any atom is 0.357 e. The molecule has 44 heavy (non-hydrogen) atoms. The number of aromatic nitrogens is 4. The Hall–Kier alpha value is -3.33. The molecule has 0 aliphatic carbocycles. The molecule has 5 N–H and O–H groups in total. The van der Waals surface area contributed by atoms with E-state index >= 15 is 0 Å². The molecule has 0 aromatic carbocycles. The number of esters is 2. The van der Waals surface area contributed by atoms with Gasteiger partial charge in [0.25, 0.3) is 11.8 Å². The van der Waals surface area contributed by atoms with Gasteiger partial charge in [-0.05, 0) is 46.2 Å². The number of aryl methyl sites for hydroxylation is 1. The molecule has 4 heterocycles. The molecule has 2 aromatic rings. The van der Waals surface area contributed by atoms with Crippen molar-refractivity contribution in [1.29, 1.82) is 0 Å². The van der Waals surface area contributed by atoms with E-state index in [1.54, 1.807) is 20.8 Å². The molecule has 4 rings (SSSR count). The summed E-state index contributed by atoms with van der Waals surface area (Å²) >= 11 is 5.01. The maximum absolute atomic E-state index is 13.5. The predicted molar refractivity (Wildman–Crippen MR) is 164 cm³/mol. The van der Waals surface area contributed by atoms with Crippen LogP contribution < -0.4 is 16.8 Å². The van der Waals surface area contributed by atoms with E-state index in [0.29, 0.717) is 34.4 Å². The lowest BCUT2D eigenvalue weighted by Crippen LogP contribution is -2.71. The summed E-state index contributed by atoms with van der Waals surface area (Å²) in [6.45, 7) is 6.73. The van der Waals surface area contributed by atoms with Crippen molar-refractivity contribution in [3.63, 3.8) is 0 Å². The first kappa shape index (κ1) is 33.6. The van der Waals surface area contributed by atoms with Crippen molar-refractivity contribution in [2.45, 2.75) is 49.9 Å². The second-order valence-electron chi connectivity index (χ2n) is 10.3. The summed E-state index contributed by atoms with van der Waals surface area (Å²) < 4.78 is 15.1. The second-order valence-corrected chi connectivity index (χ2v) is 14.6. The molecule has 0 bridgehead atoms. The lowest BCUT2D eigenvalue weighted by atomic mass is 9.98.